The Kier molecular flexibility index (Phi) is 2.98. The van der Waals surface area contributed by atoms with Gasteiger partial charge in [0.15, 0.2) is 0 Å². The molecule has 0 bridgehead atoms. The summed E-state index contributed by atoms with van der Waals surface area (Å²) < 4.78 is 0. The van der Waals surface area contributed by atoms with Crippen LogP contribution in [0.5, 0.6) is 0 Å². The van der Waals surface area contributed by atoms with Crippen molar-refractivity contribution >= 4 is 11.4 Å². The molecule has 0 fully saturated rings. The molecule has 3 nitrogen and oxygen atoms in total. The summed E-state index contributed by atoms with van der Waals surface area (Å²) in [4.78, 5) is 2.10. The Hall–Kier alpha value is -1.69. The minimum Gasteiger partial charge on any atom is -0.398 e. The Morgan fingerprint density at radius 1 is 1.43 bits per heavy atom. The van der Waals surface area contributed by atoms with Crippen LogP contribution in [0.3, 0.4) is 0 Å². The standard InChI is InChI=1S/C11H15N3/c1-8(2)14(3)10-4-5-11(13)9(6-10)7-12/h4-6,8H,13H2,1-3H3. The first-order valence-electron chi connectivity index (χ1n) is 4.58. The van der Waals surface area contributed by atoms with Crippen molar-refractivity contribution in [2.24, 2.45) is 0 Å². The second-order valence-electron chi connectivity index (χ2n) is 3.59. The number of nitrogen functional groups attached to an aromatic ring is 1. The molecule has 0 aliphatic rings. The highest BCUT2D eigenvalue weighted by Crippen LogP contribution is 2.20. The Morgan fingerprint density at radius 2 is 2.07 bits per heavy atom. The predicted molar refractivity (Wildman–Crippen MR) is 59.1 cm³/mol. The molecule has 1 rings (SSSR count). The van der Waals surface area contributed by atoms with Gasteiger partial charge < -0.3 is 10.6 Å². The van der Waals surface area contributed by atoms with E-state index in [1.165, 1.54) is 0 Å². The Bertz CT molecular complexity index is 363. The number of benzene rings is 1. The predicted octanol–water partition coefficient (Wildman–Crippen LogP) is 1.99. The lowest BCUT2D eigenvalue weighted by Gasteiger charge is -2.24. The third-order valence-electron chi connectivity index (χ3n) is 2.34. The second kappa shape index (κ2) is 4.01. The molecule has 0 unspecified atom stereocenters. The summed E-state index contributed by atoms with van der Waals surface area (Å²) in [5.74, 6) is 0. The lowest BCUT2D eigenvalue weighted by molar-refractivity contribution is 0.755. The van der Waals surface area contributed by atoms with Gasteiger partial charge in [-0.3, -0.25) is 0 Å². The van der Waals surface area contributed by atoms with Crippen LogP contribution >= 0.6 is 0 Å². The van der Waals surface area contributed by atoms with Gasteiger partial charge in [-0.25, -0.2) is 0 Å². The van der Waals surface area contributed by atoms with Gasteiger partial charge in [0.1, 0.15) is 6.07 Å². The zero-order valence-corrected chi connectivity index (χ0v) is 8.78. The maximum Gasteiger partial charge on any atom is 0.101 e. The number of rotatable bonds is 2. The number of nitrogens with two attached hydrogens (primary N) is 1. The van der Waals surface area contributed by atoms with Crippen LogP contribution in [-0.2, 0) is 0 Å². The number of hydrogen-bond acceptors (Lipinski definition) is 3. The summed E-state index contributed by atoms with van der Waals surface area (Å²) in [5, 5.41) is 8.81. The summed E-state index contributed by atoms with van der Waals surface area (Å²) >= 11 is 0. The van der Waals surface area contributed by atoms with E-state index in [2.05, 4.69) is 24.8 Å². The number of hydrogen-bond donors (Lipinski definition) is 1. The van der Waals surface area contributed by atoms with Crippen molar-refractivity contribution in [3.8, 4) is 6.07 Å². The summed E-state index contributed by atoms with van der Waals surface area (Å²) in [7, 11) is 2.00. The normalized spacial score (nSPS) is 9.93. The Balaban J connectivity index is 3.08. The lowest BCUT2D eigenvalue weighted by atomic mass is 10.1. The minimum absolute atomic E-state index is 0.408. The zero-order chi connectivity index (χ0) is 10.7. The van der Waals surface area contributed by atoms with E-state index in [4.69, 9.17) is 11.0 Å². The van der Waals surface area contributed by atoms with Gasteiger partial charge in [-0.05, 0) is 32.0 Å². The first kappa shape index (κ1) is 10.4. The molecular weight excluding hydrogens is 174 g/mol. The maximum atomic E-state index is 8.81. The average Bonchev–Trinajstić information content (AvgIpc) is 2.17. The molecule has 0 aliphatic heterocycles. The van der Waals surface area contributed by atoms with Gasteiger partial charge in [-0.2, -0.15) is 5.26 Å². The Labute approximate surface area is 84.7 Å². The monoisotopic (exact) mass is 189 g/mol. The molecule has 0 heterocycles. The molecule has 0 saturated carbocycles. The number of nitriles is 1. The summed E-state index contributed by atoms with van der Waals surface area (Å²) in [5.41, 5.74) is 7.73. The third-order valence-corrected chi connectivity index (χ3v) is 2.34. The fraction of sp³-hybridized carbons (Fsp3) is 0.364. The molecule has 0 aliphatic carbocycles. The van der Waals surface area contributed by atoms with Crippen LogP contribution in [0.4, 0.5) is 11.4 Å². The third kappa shape index (κ3) is 1.97. The van der Waals surface area contributed by atoms with E-state index >= 15 is 0 Å². The van der Waals surface area contributed by atoms with Gasteiger partial charge in [0.25, 0.3) is 0 Å². The molecule has 74 valence electrons. The van der Waals surface area contributed by atoms with Gasteiger partial charge in [-0.15, -0.1) is 0 Å². The van der Waals surface area contributed by atoms with Crippen LogP contribution in [0.1, 0.15) is 19.4 Å². The first-order valence-corrected chi connectivity index (χ1v) is 4.58. The largest absolute Gasteiger partial charge is 0.398 e. The molecule has 0 aromatic heterocycles. The van der Waals surface area contributed by atoms with Gasteiger partial charge in [-0.1, -0.05) is 0 Å². The molecular formula is C11H15N3. The highest BCUT2D eigenvalue weighted by atomic mass is 15.1. The van der Waals surface area contributed by atoms with E-state index in [0.29, 0.717) is 17.3 Å². The van der Waals surface area contributed by atoms with Crippen molar-refractivity contribution in [1.82, 2.24) is 0 Å². The average molecular weight is 189 g/mol. The van der Waals surface area contributed by atoms with Crippen LogP contribution in [0, 0.1) is 11.3 Å². The van der Waals surface area contributed by atoms with Crippen molar-refractivity contribution in [3.63, 3.8) is 0 Å². The molecule has 0 spiro atoms. The van der Waals surface area contributed by atoms with E-state index in [1.54, 1.807) is 6.07 Å². The van der Waals surface area contributed by atoms with E-state index in [1.807, 2.05) is 19.2 Å². The van der Waals surface area contributed by atoms with Crippen LogP contribution in [-0.4, -0.2) is 13.1 Å². The summed E-state index contributed by atoms with van der Waals surface area (Å²) in [6.45, 7) is 4.20. The summed E-state index contributed by atoms with van der Waals surface area (Å²) in [6, 6.07) is 8.00. The zero-order valence-electron chi connectivity index (χ0n) is 8.78. The molecule has 0 radical (unpaired) electrons. The molecule has 2 N–H and O–H groups in total. The molecule has 0 saturated heterocycles. The fourth-order valence-electron chi connectivity index (χ4n) is 1.16. The first-order chi connectivity index (χ1) is 6.56. The molecule has 3 heteroatoms. The van der Waals surface area contributed by atoms with Gasteiger partial charge in [0.2, 0.25) is 0 Å². The van der Waals surface area contributed by atoms with Crippen molar-refractivity contribution in [2.45, 2.75) is 19.9 Å². The van der Waals surface area contributed by atoms with Gasteiger partial charge in [0, 0.05) is 24.5 Å². The van der Waals surface area contributed by atoms with Gasteiger partial charge >= 0.3 is 0 Å². The van der Waals surface area contributed by atoms with Crippen molar-refractivity contribution in [2.75, 3.05) is 17.7 Å². The maximum absolute atomic E-state index is 8.81. The van der Waals surface area contributed by atoms with Crippen LogP contribution < -0.4 is 10.6 Å². The molecule has 0 atom stereocenters. The van der Waals surface area contributed by atoms with Gasteiger partial charge in [0.05, 0.1) is 5.56 Å². The van der Waals surface area contributed by atoms with Crippen molar-refractivity contribution in [1.29, 1.82) is 5.26 Å². The van der Waals surface area contributed by atoms with Crippen LogP contribution in [0.2, 0.25) is 0 Å². The quantitative estimate of drug-likeness (QED) is 0.724. The van der Waals surface area contributed by atoms with Crippen LogP contribution in [0.15, 0.2) is 18.2 Å². The highest BCUT2D eigenvalue weighted by Gasteiger charge is 2.06. The fourth-order valence-corrected chi connectivity index (χ4v) is 1.16. The smallest absolute Gasteiger partial charge is 0.101 e. The molecule has 0 amide bonds. The van der Waals surface area contributed by atoms with E-state index in [9.17, 15) is 0 Å². The van der Waals surface area contributed by atoms with E-state index in [-0.39, 0.29) is 0 Å². The Morgan fingerprint density at radius 3 is 2.57 bits per heavy atom. The number of anilines is 2. The van der Waals surface area contributed by atoms with Crippen molar-refractivity contribution in [3.05, 3.63) is 23.8 Å². The number of nitrogens with zero attached hydrogens (tertiary/aromatic N) is 2. The molecule has 1 aromatic rings. The molecule has 14 heavy (non-hydrogen) atoms. The minimum atomic E-state index is 0.408. The summed E-state index contributed by atoms with van der Waals surface area (Å²) in [6.07, 6.45) is 0. The van der Waals surface area contributed by atoms with E-state index < -0.39 is 0 Å². The second-order valence-corrected chi connectivity index (χ2v) is 3.59. The topological polar surface area (TPSA) is 53.0 Å². The van der Waals surface area contributed by atoms with Crippen LogP contribution in [0.25, 0.3) is 0 Å². The highest BCUT2D eigenvalue weighted by molar-refractivity contribution is 5.62. The van der Waals surface area contributed by atoms with E-state index in [0.717, 1.165) is 5.69 Å². The lowest BCUT2D eigenvalue weighted by Crippen LogP contribution is -2.25. The molecule has 1 aromatic carbocycles. The SMILES string of the molecule is CC(C)N(C)c1ccc(N)c(C#N)c1. The van der Waals surface area contributed by atoms with Crippen molar-refractivity contribution < 1.29 is 0 Å².